The van der Waals surface area contributed by atoms with Crippen molar-refractivity contribution in [2.24, 2.45) is 0 Å². The summed E-state index contributed by atoms with van der Waals surface area (Å²) in [5.74, 6) is 0.222. The Labute approximate surface area is 151 Å². The van der Waals surface area contributed by atoms with Gasteiger partial charge >= 0.3 is 0 Å². The van der Waals surface area contributed by atoms with Crippen molar-refractivity contribution in [1.82, 2.24) is 15.1 Å². The number of benzene rings is 1. The van der Waals surface area contributed by atoms with Gasteiger partial charge < -0.3 is 10.1 Å². The number of rotatable bonds is 9. The smallest absolute Gasteiger partial charge is 0.271 e. The first-order valence-corrected chi connectivity index (χ1v) is 8.76. The number of nitrogens with zero attached hydrogens (tertiary/aromatic N) is 2. The number of hydrogen-bond donors (Lipinski definition) is 1. The van der Waals surface area contributed by atoms with E-state index in [4.69, 9.17) is 27.9 Å². The van der Waals surface area contributed by atoms with Crippen molar-refractivity contribution in [3.05, 3.63) is 46.2 Å². The summed E-state index contributed by atoms with van der Waals surface area (Å²) < 4.78 is 7.10. The molecule has 0 aliphatic carbocycles. The third kappa shape index (κ3) is 5.42. The van der Waals surface area contributed by atoms with Crippen LogP contribution in [0.25, 0.3) is 0 Å². The highest BCUT2D eigenvalue weighted by atomic mass is 35.5. The molecule has 5 nitrogen and oxygen atoms in total. The third-order valence-corrected chi connectivity index (χ3v) is 4.04. The maximum Gasteiger partial charge on any atom is 0.271 e. The number of para-hydroxylation sites is 1. The Morgan fingerprint density at radius 3 is 2.67 bits per heavy atom. The lowest BCUT2D eigenvalue weighted by atomic mass is 10.2. The fraction of sp³-hybridized carbons (Fsp3) is 0.412. The van der Waals surface area contributed by atoms with Crippen LogP contribution in [0.3, 0.4) is 0 Å². The summed E-state index contributed by atoms with van der Waals surface area (Å²) in [6.07, 6.45) is 6.14. The van der Waals surface area contributed by atoms with Gasteiger partial charge in [-0.15, -0.1) is 0 Å². The van der Waals surface area contributed by atoms with E-state index < -0.39 is 0 Å². The SMILES string of the molecule is CCCCCCNC(=O)c1ccn(COc2c(Cl)cccc2Cl)n1. The van der Waals surface area contributed by atoms with Gasteiger partial charge in [-0.3, -0.25) is 4.79 Å². The average Bonchev–Trinajstić information content (AvgIpc) is 3.03. The van der Waals surface area contributed by atoms with E-state index in [-0.39, 0.29) is 12.6 Å². The van der Waals surface area contributed by atoms with E-state index in [9.17, 15) is 4.79 Å². The van der Waals surface area contributed by atoms with Crippen molar-refractivity contribution >= 4 is 29.1 Å². The lowest BCUT2D eigenvalue weighted by molar-refractivity contribution is 0.0946. The van der Waals surface area contributed by atoms with Crippen LogP contribution in [-0.4, -0.2) is 22.2 Å². The molecule has 0 radical (unpaired) electrons. The van der Waals surface area contributed by atoms with Crippen molar-refractivity contribution < 1.29 is 9.53 Å². The summed E-state index contributed by atoms with van der Waals surface area (Å²) in [5.41, 5.74) is 0.361. The molecule has 0 fully saturated rings. The Bertz CT molecular complexity index is 653. The van der Waals surface area contributed by atoms with Crippen LogP contribution in [0.5, 0.6) is 5.75 Å². The number of aromatic nitrogens is 2. The number of nitrogens with one attached hydrogen (secondary N) is 1. The minimum absolute atomic E-state index is 0.118. The number of ether oxygens (including phenoxy) is 1. The molecule has 1 N–H and O–H groups in total. The second kappa shape index (κ2) is 9.55. The molecule has 1 heterocycles. The first-order chi connectivity index (χ1) is 11.6. The van der Waals surface area contributed by atoms with Crippen LogP contribution in [0.2, 0.25) is 10.0 Å². The Morgan fingerprint density at radius 2 is 1.96 bits per heavy atom. The molecule has 24 heavy (non-hydrogen) atoms. The third-order valence-electron chi connectivity index (χ3n) is 3.45. The number of amides is 1. The summed E-state index contributed by atoms with van der Waals surface area (Å²) in [5, 5.41) is 7.92. The van der Waals surface area contributed by atoms with Crippen molar-refractivity contribution in [3.63, 3.8) is 0 Å². The van der Waals surface area contributed by atoms with E-state index in [1.165, 1.54) is 17.5 Å². The van der Waals surface area contributed by atoms with Gasteiger partial charge in [0.1, 0.15) is 5.69 Å². The fourth-order valence-corrected chi connectivity index (χ4v) is 2.66. The minimum Gasteiger partial charge on any atom is -0.468 e. The zero-order valence-electron chi connectivity index (χ0n) is 13.6. The van der Waals surface area contributed by atoms with Gasteiger partial charge in [-0.1, -0.05) is 55.5 Å². The summed E-state index contributed by atoms with van der Waals surface area (Å²) >= 11 is 12.1. The second-order valence-electron chi connectivity index (χ2n) is 5.38. The molecular formula is C17H21Cl2N3O2. The lowest BCUT2D eigenvalue weighted by Crippen LogP contribution is -2.25. The predicted molar refractivity (Wildman–Crippen MR) is 95.8 cm³/mol. The van der Waals surface area contributed by atoms with Crippen LogP contribution < -0.4 is 10.1 Å². The summed E-state index contributed by atoms with van der Waals surface area (Å²) in [6.45, 7) is 2.94. The molecular weight excluding hydrogens is 349 g/mol. The maximum atomic E-state index is 12.0. The molecule has 0 spiro atoms. The van der Waals surface area contributed by atoms with Gasteiger partial charge in [-0.05, 0) is 24.6 Å². The highest BCUT2D eigenvalue weighted by Gasteiger charge is 2.10. The van der Waals surface area contributed by atoms with E-state index in [1.54, 1.807) is 30.5 Å². The maximum absolute atomic E-state index is 12.0. The molecule has 2 aromatic rings. The van der Waals surface area contributed by atoms with Crippen LogP contribution in [0.4, 0.5) is 0 Å². The van der Waals surface area contributed by atoms with Crippen LogP contribution in [0.15, 0.2) is 30.5 Å². The van der Waals surface area contributed by atoms with Gasteiger partial charge in [0.25, 0.3) is 5.91 Å². The number of carbonyl (C=O) groups excluding carboxylic acids is 1. The van der Waals surface area contributed by atoms with Crippen molar-refractivity contribution in [1.29, 1.82) is 0 Å². The highest BCUT2D eigenvalue weighted by molar-refractivity contribution is 6.37. The van der Waals surface area contributed by atoms with E-state index in [0.29, 0.717) is 28.0 Å². The molecule has 0 atom stereocenters. The Morgan fingerprint density at radius 1 is 1.21 bits per heavy atom. The quantitative estimate of drug-likeness (QED) is 0.660. The first kappa shape index (κ1) is 18.6. The van der Waals surface area contributed by atoms with Gasteiger partial charge in [-0.25, -0.2) is 4.68 Å². The predicted octanol–water partition coefficient (Wildman–Crippen LogP) is 4.54. The van der Waals surface area contributed by atoms with E-state index in [2.05, 4.69) is 17.3 Å². The van der Waals surface area contributed by atoms with E-state index in [1.807, 2.05) is 0 Å². The van der Waals surface area contributed by atoms with Crippen LogP contribution in [0.1, 0.15) is 43.1 Å². The van der Waals surface area contributed by atoms with E-state index in [0.717, 1.165) is 12.8 Å². The number of unbranched alkanes of at least 4 members (excludes halogenated alkanes) is 3. The normalized spacial score (nSPS) is 10.6. The Balaban J connectivity index is 1.83. The average molecular weight is 370 g/mol. The Hall–Kier alpha value is -1.72. The zero-order valence-corrected chi connectivity index (χ0v) is 15.1. The number of hydrogen-bond acceptors (Lipinski definition) is 3. The molecule has 0 bridgehead atoms. The fourth-order valence-electron chi connectivity index (χ4n) is 2.15. The van der Waals surface area contributed by atoms with Crippen LogP contribution in [0, 0.1) is 0 Å². The molecule has 0 aliphatic heterocycles. The largest absolute Gasteiger partial charge is 0.468 e. The van der Waals surface area contributed by atoms with Gasteiger partial charge in [0.05, 0.1) is 10.0 Å². The molecule has 1 amide bonds. The van der Waals surface area contributed by atoms with Crippen molar-refractivity contribution in [2.75, 3.05) is 6.54 Å². The van der Waals surface area contributed by atoms with Gasteiger partial charge in [0.15, 0.2) is 12.5 Å². The van der Waals surface area contributed by atoms with Gasteiger partial charge in [-0.2, -0.15) is 5.10 Å². The lowest BCUT2D eigenvalue weighted by Gasteiger charge is -2.09. The molecule has 0 aliphatic rings. The minimum atomic E-state index is -0.180. The monoisotopic (exact) mass is 369 g/mol. The molecule has 7 heteroatoms. The van der Waals surface area contributed by atoms with Gasteiger partial charge in [0.2, 0.25) is 0 Å². The van der Waals surface area contributed by atoms with Gasteiger partial charge in [0, 0.05) is 12.7 Å². The van der Waals surface area contributed by atoms with Crippen molar-refractivity contribution in [3.8, 4) is 5.75 Å². The molecule has 1 aromatic carbocycles. The summed E-state index contributed by atoms with van der Waals surface area (Å²) in [7, 11) is 0. The molecule has 130 valence electrons. The second-order valence-corrected chi connectivity index (χ2v) is 6.20. The zero-order chi connectivity index (χ0) is 17.4. The first-order valence-electron chi connectivity index (χ1n) is 8.00. The summed E-state index contributed by atoms with van der Waals surface area (Å²) in [6, 6.07) is 6.79. The highest BCUT2D eigenvalue weighted by Crippen LogP contribution is 2.32. The molecule has 0 saturated carbocycles. The molecule has 0 saturated heterocycles. The summed E-state index contributed by atoms with van der Waals surface area (Å²) in [4.78, 5) is 12.0. The van der Waals surface area contributed by atoms with Crippen LogP contribution in [-0.2, 0) is 6.73 Å². The van der Waals surface area contributed by atoms with E-state index >= 15 is 0 Å². The Kier molecular flexibility index (Phi) is 7.40. The van der Waals surface area contributed by atoms with Crippen LogP contribution >= 0.6 is 23.2 Å². The number of carbonyl (C=O) groups is 1. The molecule has 0 unspecified atom stereocenters. The number of halogens is 2. The topological polar surface area (TPSA) is 56.2 Å². The standard InChI is InChI=1S/C17H21Cl2N3O2/c1-2-3-4-5-10-20-17(23)15-9-11-22(21-15)12-24-16-13(18)7-6-8-14(16)19/h6-9,11H,2-5,10,12H2,1H3,(H,20,23). The molecule has 2 rings (SSSR count). The molecule has 1 aromatic heterocycles. The van der Waals surface area contributed by atoms with Crippen molar-refractivity contribution in [2.45, 2.75) is 39.3 Å².